The zero-order valence-corrected chi connectivity index (χ0v) is 9.27. The van der Waals surface area contributed by atoms with Crippen molar-refractivity contribution in [1.29, 1.82) is 0 Å². The average Bonchev–Trinajstić information content (AvgIpc) is 2.28. The fraction of sp³-hybridized carbons (Fsp3) is 0.0714. The smallest absolute Gasteiger partial charge is 0.328 e. The Morgan fingerprint density at radius 2 is 2.00 bits per heavy atom. The van der Waals surface area contributed by atoms with Crippen molar-refractivity contribution in [1.82, 2.24) is 0 Å². The van der Waals surface area contributed by atoms with Crippen LogP contribution >= 0.6 is 0 Å². The highest BCUT2D eigenvalue weighted by Crippen LogP contribution is 2.24. The molecule has 2 rings (SSSR count). The standard InChI is InChI=1S/C14H11FO2/c1-9-2-5-11-10(4-7-14(16)17)3-6-13(15)12(11)8-9/h2-8H,1H3,(H,16,17)/b7-4-. The fourth-order valence-electron chi connectivity index (χ4n) is 1.76. The minimum absolute atomic E-state index is 0.295. The Bertz CT molecular complexity index is 615. The van der Waals surface area contributed by atoms with Gasteiger partial charge in [-0.2, -0.15) is 0 Å². The molecule has 0 radical (unpaired) electrons. The number of aliphatic carboxylic acids is 1. The van der Waals surface area contributed by atoms with Gasteiger partial charge in [-0.3, -0.25) is 0 Å². The van der Waals surface area contributed by atoms with E-state index in [9.17, 15) is 9.18 Å². The van der Waals surface area contributed by atoms with Crippen molar-refractivity contribution < 1.29 is 14.3 Å². The van der Waals surface area contributed by atoms with Gasteiger partial charge in [-0.15, -0.1) is 0 Å². The maximum Gasteiger partial charge on any atom is 0.328 e. The second-order valence-electron chi connectivity index (χ2n) is 3.86. The highest BCUT2D eigenvalue weighted by atomic mass is 19.1. The molecule has 17 heavy (non-hydrogen) atoms. The van der Waals surface area contributed by atoms with Gasteiger partial charge in [0.1, 0.15) is 5.82 Å². The van der Waals surface area contributed by atoms with Gasteiger partial charge in [-0.25, -0.2) is 9.18 Å². The normalized spacial score (nSPS) is 11.2. The molecule has 0 saturated carbocycles. The number of carboxylic acids is 1. The van der Waals surface area contributed by atoms with Crippen LogP contribution in [0.15, 0.2) is 36.4 Å². The summed E-state index contributed by atoms with van der Waals surface area (Å²) in [5.41, 5.74) is 1.67. The van der Waals surface area contributed by atoms with Crippen LogP contribution in [-0.4, -0.2) is 11.1 Å². The van der Waals surface area contributed by atoms with Gasteiger partial charge in [0.2, 0.25) is 0 Å². The van der Waals surface area contributed by atoms with Gasteiger partial charge < -0.3 is 5.11 Å². The molecule has 2 nitrogen and oxygen atoms in total. The molecule has 0 fully saturated rings. The molecule has 86 valence electrons. The third-order valence-electron chi connectivity index (χ3n) is 2.56. The molecular formula is C14H11FO2. The Kier molecular flexibility index (Phi) is 2.91. The quantitative estimate of drug-likeness (QED) is 0.803. The number of carbonyl (C=O) groups is 1. The molecule has 0 atom stereocenters. The van der Waals surface area contributed by atoms with Crippen molar-refractivity contribution in [2.75, 3.05) is 0 Å². The summed E-state index contributed by atoms with van der Waals surface area (Å²) in [5.74, 6) is -1.31. The lowest BCUT2D eigenvalue weighted by Gasteiger charge is -2.04. The highest BCUT2D eigenvalue weighted by molar-refractivity contribution is 5.94. The molecule has 0 amide bonds. The van der Waals surface area contributed by atoms with Crippen molar-refractivity contribution in [3.05, 3.63) is 53.4 Å². The molecule has 0 heterocycles. The van der Waals surface area contributed by atoms with Crippen LogP contribution in [0.2, 0.25) is 0 Å². The highest BCUT2D eigenvalue weighted by Gasteiger charge is 2.04. The molecule has 0 aromatic heterocycles. The Hall–Kier alpha value is -2.16. The molecule has 0 aliphatic rings. The molecule has 0 aliphatic heterocycles. The van der Waals surface area contributed by atoms with E-state index in [4.69, 9.17) is 5.11 Å². The van der Waals surface area contributed by atoms with Gasteiger partial charge >= 0.3 is 5.97 Å². The van der Waals surface area contributed by atoms with Crippen molar-refractivity contribution >= 4 is 22.8 Å². The zero-order chi connectivity index (χ0) is 12.4. The Morgan fingerprint density at radius 3 is 2.71 bits per heavy atom. The number of halogens is 1. The van der Waals surface area contributed by atoms with E-state index < -0.39 is 5.97 Å². The van der Waals surface area contributed by atoms with Crippen LogP contribution in [-0.2, 0) is 4.79 Å². The van der Waals surface area contributed by atoms with Crippen LogP contribution in [0.1, 0.15) is 11.1 Å². The van der Waals surface area contributed by atoms with E-state index in [1.807, 2.05) is 13.0 Å². The van der Waals surface area contributed by atoms with E-state index in [1.165, 1.54) is 12.1 Å². The van der Waals surface area contributed by atoms with Crippen molar-refractivity contribution in [2.45, 2.75) is 6.92 Å². The summed E-state index contributed by atoms with van der Waals surface area (Å²) >= 11 is 0. The first kappa shape index (κ1) is 11.3. The van der Waals surface area contributed by atoms with Crippen molar-refractivity contribution in [3.63, 3.8) is 0 Å². The van der Waals surface area contributed by atoms with Crippen LogP contribution in [0.5, 0.6) is 0 Å². The molecule has 0 saturated heterocycles. The Morgan fingerprint density at radius 1 is 1.24 bits per heavy atom. The molecule has 2 aromatic carbocycles. The van der Waals surface area contributed by atoms with Crippen LogP contribution in [0.25, 0.3) is 16.8 Å². The van der Waals surface area contributed by atoms with Gasteiger partial charge in [-0.05, 0) is 36.1 Å². The molecule has 0 bridgehead atoms. The van der Waals surface area contributed by atoms with E-state index in [0.717, 1.165) is 11.6 Å². The number of fused-ring (bicyclic) bond motifs is 1. The zero-order valence-electron chi connectivity index (χ0n) is 9.27. The topological polar surface area (TPSA) is 37.3 Å². The summed E-state index contributed by atoms with van der Waals surface area (Å²) in [5, 5.41) is 9.81. The average molecular weight is 230 g/mol. The first-order valence-corrected chi connectivity index (χ1v) is 5.18. The minimum Gasteiger partial charge on any atom is -0.478 e. The van der Waals surface area contributed by atoms with Crippen molar-refractivity contribution in [2.24, 2.45) is 0 Å². The van der Waals surface area contributed by atoms with E-state index in [1.54, 1.807) is 18.2 Å². The molecular weight excluding hydrogens is 219 g/mol. The third-order valence-corrected chi connectivity index (χ3v) is 2.56. The second-order valence-corrected chi connectivity index (χ2v) is 3.86. The summed E-state index contributed by atoms with van der Waals surface area (Å²) in [6.45, 7) is 1.89. The molecule has 0 unspecified atom stereocenters. The molecule has 2 aromatic rings. The largest absolute Gasteiger partial charge is 0.478 e. The number of hydrogen-bond acceptors (Lipinski definition) is 1. The monoisotopic (exact) mass is 230 g/mol. The van der Waals surface area contributed by atoms with E-state index in [2.05, 4.69) is 0 Å². The van der Waals surface area contributed by atoms with Gasteiger partial charge in [-0.1, -0.05) is 23.8 Å². The lowest BCUT2D eigenvalue weighted by molar-refractivity contribution is -0.131. The molecule has 0 spiro atoms. The Labute approximate surface area is 98.0 Å². The van der Waals surface area contributed by atoms with Crippen molar-refractivity contribution in [3.8, 4) is 0 Å². The third kappa shape index (κ3) is 2.33. The number of aryl methyl sites for hydroxylation is 1. The van der Waals surface area contributed by atoms with Gasteiger partial charge in [0, 0.05) is 11.5 Å². The number of hydrogen-bond donors (Lipinski definition) is 1. The summed E-state index contributed by atoms with van der Waals surface area (Å²) in [6, 6.07) is 8.35. The van der Waals surface area contributed by atoms with E-state index in [0.29, 0.717) is 16.3 Å². The Balaban J connectivity index is 2.66. The van der Waals surface area contributed by atoms with Gasteiger partial charge in [0.05, 0.1) is 0 Å². The maximum atomic E-state index is 13.6. The van der Waals surface area contributed by atoms with E-state index in [-0.39, 0.29) is 5.82 Å². The SMILES string of the molecule is Cc1ccc2c(/C=C\C(=O)O)ccc(F)c2c1. The van der Waals surface area contributed by atoms with Crippen LogP contribution < -0.4 is 0 Å². The van der Waals surface area contributed by atoms with Crippen LogP contribution in [0, 0.1) is 12.7 Å². The molecule has 1 N–H and O–H groups in total. The lowest BCUT2D eigenvalue weighted by atomic mass is 10.0. The summed E-state index contributed by atoms with van der Waals surface area (Å²) in [6.07, 6.45) is 2.52. The minimum atomic E-state index is -1.02. The fourth-order valence-corrected chi connectivity index (χ4v) is 1.76. The predicted molar refractivity (Wildman–Crippen MR) is 65.3 cm³/mol. The second kappa shape index (κ2) is 4.37. The molecule has 0 aliphatic carbocycles. The summed E-state index contributed by atoms with van der Waals surface area (Å²) in [7, 11) is 0. The summed E-state index contributed by atoms with van der Waals surface area (Å²) in [4.78, 5) is 10.5. The first-order valence-electron chi connectivity index (χ1n) is 5.18. The van der Waals surface area contributed by atoms with E-state index >= 15 is 0 Å². The number of benzene rings is 2. The maximum absolute atomic E-state index is 13.6. The first-order chi connectivity index (χ1) is 8.08. The predicted octanol–water partition coefficient (Wildman–Crippen LogP) is 3.39. The molecule has 3 heteroatoms. The summed E-state index contributed by atoms with van der Waals surface area (Å²) < 4.78 is 13.6. The van der Waals surface area contributed by atoms with Gasteiger partial charge in [0.25, 0.3) is 0 Å². The number of carboxylic acid groups (broad SMARTS) is 1. The van der Waals surface area contributed by atoms with Crippen LogP contribution in [0.3, 0.4) is 0 Å². The van der Waals surface area contributed by atoms with Crippen LogP contribution in [0.4, 0.5) is 4.39 Å². The van der Waals surface area contributed by atoms with Gasteiger partial charge in [0.15, 0.2) is 0 Å². The number of rotatable bonds is 2. The lowest BCUT2D eigenvalue weighted by Crippen LogP contribution is -1.88.